The van der Waals surface area contributed by atoms with Crippen LogP contribution in [0.4, 0.5) is 5.82 Å². The lowest BCUT2D eigenvalue weighted by Gasteiger charge is -2.18. The molecule has 1 unspecified atom stereocenters. The summed E-state index contributed by atoms with van der Waals surface area (Å²) in [5.41, 5.74) is 2.18. The molecule has 2 aromatic heterocycles. The molecule has 0 saturated carbocycles. The van der Waals surface area contributed by atoms with Crippen molar-refractivity contribution in [1.29, 1.82) is 0 Å². The zero-order chi connectivity index (χ0) is 34.3. The van der Waals surface area contributed by atoms with Crippen molar-refractivity contribution >= 4 is 57.4 Å². The number of fused-ring (bicyclic) bond motifs is 1. The van der Waals surface area contributed by atoms with Crippen molar-refractivity contribution in [2.45, 2.75) is 31.9 Å². The second-order valence-corrected chi connectivity index (χ2v) is 12.2. The third-order valence-electron chi connectivity index (χ3n) is 7.79. The molecule has 5 aromatic rings. The Bertz CT molecular complexity index is 1970. The predicted molar refractivity (Wildman–Crippen MR) is 188 cm³/mol. The smallest absolute Gasteiger partial charge is 0.343 e. The molecule has 49 heavy (non-hydrogen) atoms. The maximum Gasteiger partial charge on any atom is 0.343 e. The lowest BCUT2D eigenvalue weighted by atomic mass is 10.1. The highest BCUT2D eigenvalue weighted by atomic mass is 127. The Morgan fingerprint density at radius 1 is 1.04 bits per heavy atom. The van der Waals surface area contributed by atoms with Crippen molar-refractivity contribution in [2.75, 3.05) is 31.7 Å². The molecule has 14 heteroatoms. The SMILES string of the molecule is CCNC(=O)c1cc(C(=O)OC2CCOC2)c(-n2cnc3c(N[C@H](CO)Cc4ccccc4)nc(I)nc32)cc1OC(=O)c1ccccc1. The fourth-order valence-electron chi connectivity index (χ4n) is 5.41. The van der Waals surface area contributed by atoms with E-state index in [9.17, 15) is 19.5 Å². The van der Waals surface area contributed by atoms with Crippen LogP contribution < -0.4 is 15.4 Å². The van der Waals surface area contributed by atoms with E-state index in [0.29, 0.717) is 46.8 Å². The number of esters is 2. The Labute approximate surface area is 295 Å². The molecule has 13 nitrogen and oxygen atoms in total. The molecule has 3 N–H and O–H groups in total. The van der Waals surface area contributed by atoms with Crippen LogP contribution >= 0.6 is 22.6 Å². The van der Waals surface area contributed by atoms with Crippen LogP contribution in [0.15, 0.2) is 79.1 Å². The molecule has 3 heterocycles. The van der Waals surface area contributed by atoms with E-state index in [1.165, 1.54) is 18.5 Å². The van der Waals surface area contributed by atoms with Gasteiger partial charge in [-0.05, 0) is 37.1 Å². The van der Waals surface area contributed by atoms with Crippen LogP contribution in [0.5, 0.6) is 5.75 Å². The zero-order valence-corrected chi connectivity index (χ0v) is 28.6. The molecule has 1 aliphatic rings. The summed E-state index contributed by atoms with van der Waals surface area (Å²) >= 11 is 1.98. The summed E-state index contributed by atoms with van der Waals surface area (Å²) in [5, 5.41) is 16.2. The lowest BCUT2D eigenvalue weighted by Crippen LogP contribution is -2.27. The Morgan fingerprint density at radius 3 is 2.49 bits per heavy atom. The summed E-state index contributed by atoms with van der Waals surface area (Å²) in [6.45, 7) is 2.58. The van der Waals surface area contributed by atoms with Crippen LogP contribution in [-0.4, -0.2) is 81.0 Å². The molecule has 1 aliphatic heterocycles. The minimum Gasteiger partial charge on any atom is -0.456 e. The van der Waals surface area contributed by atoms with E-state index in [-0.39, 0.29) is 47.4 Å². The van der Waals surface area contributed by atoms with E-state index in [4.69, 9.17) is 14.2 Å². The summed E-state index contributed by atoms with van der Waals surface area (Å²) in [7, 11) is 0. The second kappa shape index (κ2) is 15.5. The summed E-state index contributed by atoms with van der Waals surface area (Å²) in [6, 6.07) is 20.5. The Kier molecular flexibility index (Phi) is 10.8. The molecule has 0 bridgehead atoms. The highest BCUT2D eigenvalue weighted by molar-refractivity contribution is 14.1. The van der Waals surface area contributed by atoms with Crippen molar-refractivity contribution in [3.05, 3.63) is 105 Å². The third kappa shape index (κ3) is 7.87. The number of ether oxygens (including phenoxy) is 3. The standard InChI is InChI=1S/C35H33IN6O7/c1-2-37-32(44)26-16-25(34(46)48-24-13-14-47-19-24)27(17-28(26)49-33(45)22-11-7-4-8-12-22)42-20-38-29-30(40-35(36)41-31(29)42)39-23(18-43)15-21-9-5-3-6-10-21/h3-12,16-17,20,23-24,43H,2,13-15,18-19H2,1H3,(H,37,44)(H,39,40,41)/t23-,24?/m0/s1. The van der Waals surface area contributed by atoms with Crippen LogP contribution in [0.1, 0.15) is 50.0 Å². The number of aliphatic hydroxyl groups is 1. The van der Waals surface area contributed by atoms with Crippen LogP contribution in [-0.2, 0) is 15.9 Å². The number of hydrogen-bond acceptors (Lipinski definition) is 11. The van der Waals surface area contributed by atoms with Crippen molar-refractivity contribution in [2.24, 2.45) is 0 Å². The summed E-state index contributed by atoms with van der Waals surface area (Å²) in [6.07, 6.45) is 2.05. The molecule has 3 aromatic carbocycles. The average molecular weight is 777 g/mol. The molecule has 0 spiro atoms. The number of halogens is 1. The van der Waals surface area contributed by atoms with Gasteiger partial charge in [0.1, 0.15) is 18.2 Å². The maximum absolute atomic E-state index is 13.8. The molecular formula is C35H33IN6O7. The van der Waals surface area contributed by atoms with Gasteiger partial charge in [-0.15, -0.1) is 0 Å². The van der Waals surface area contributed by atoms with Crippen LogP contribution in [0.2, 0.25) is 0 Å². The molecule has 6 rings (SSSR count). The van der Waals surface area contributed by atoms with E-state index in [0.717, 1.165) is 5.56 Å². The first-order chi connectivity index (χ1) is 23.8. The number of nitrogens with one attached hydrogen (secondary N) is 2. The number of aliphatic hydroxyl groups excluding tert-OH is 1. The van der Waals surface area contributed by atoms with Crippen molar-refractivity contribution < 1.29 is 33.7 Å². The lowest BCUT2D eigenvalue weighted by molar-refractivity contribution is 0.0270. The van der Waals surface area contributed by atoms with E-state index in [1.54, 1.807) is 41.8 Å². The number of imidazole rings is 1. The second-order valence-electron chi connectivity index (χ2n) is 11.2. The van der Waals surface area contributed by atoms with Gasteiger partial charge >= 0.3 is 11.9 Å². The van der Waals surface area contributed by atoms with Gasteiger partial charge in [0.05, 0.1) is 48.2 Å². The van der Waals surface area contributed by atoms with Crippen molar-refractivity contribution in [3.8, 4) is 11.4 Å². The van der Waals surface area contributed by atoms with Gasteiger partial charge in [-0.25, -0.2) is 24.5 Å². The van der Waals surface area contributed by atoms with Gasteiger partial charge in [0, 0.05) is 41.6 Å². The van der Waals surface area contributed by atoms with Gasteiger partial charge < -0.3 is 30.0 Å². The first kappa shape index (κ1) is 34.0. The number of rotatable bonds is 12. The first-order valence-corrected chi connectivity index (χ1v) is 16.8. The third-order valence-corrected chi connectivity index (χ3v) is 8.27. The number of nitrogens with zero attached hydrogens (tertiary/aromatic N) is 4. The van der Waals surface area contributed by atoms with Crippen LogP contribution in [0.25, 0.3) is 16.9 Å². The summed E-state index contributed by atoms with van der Waals surface area (Å²) in [5.74, 6) is -1.64. The molecule has 0 radical (unpaired) electrons. The number of carbonyl (C=O) groups is 3. The first-order valence-electron chi connectivity index (χ1n) is 15.7. The number of anilines is 1. The van der Waals surface area contributed by atoms with E-state index < -0.39 is 23.9 Å². The fraction of sp³-hybridized carbons (Fsp3) is 0.257. The number of aromatic nitrogens is 4. The Hall–Kier alpha value is -4.93. The Balaban J connectivity index is 1.46. The van der Waals surface area contributed by atoms with Crippen molar-refractivity contribution in [1.82, 2.24) is 24.8 Å². The number of hydrogen-bond donors (Lipinski definition) is 3. The van der Waals surface area contributed by atoms with Gasteiger partial charge in [-0.1, -0.05) is 48.5 Å². The zero-order valence-electron chi connectivity index (χ0n) is 26.5. The van der Waals surface area contributed by atoms with Crippen molar-refractivity contribution in [3.63, 3.8) is 0 Å². The average Bonchev–Trinajstić information content (AvgIpc) is 3.79. The maximum atomic E-state index is 13.8. The quantitative estimate of drug-likeness (QED) is 0.0714. The minimum absolute atomic E-state index is 0.0207. The van der Waals surface area contributed by atoms with Gasteiger partial charge in [-0.2, -0.15) is 0 Å². The summed E-state index contributed by atoms with van der Waals surface area (Å²) in [4.78, 5) is 54.1. The van der Waals surface area contributed by atoms with E-state index in [2.05, 4.69) is 25.6 Å². The van der Waals surface area contributed by atoms with Gasteiger partial charge in [-0.3, -0.25) is 9.36 Å². The molecule has 1 saturated heterocycles. The molecular weight excluding hydrogens is 743 g/mol. The van der Waals surface area contributed by atoms with Gasteiger partial charge in [0.2, 0.25) is 0 Å². The van der Waals surface area contributed by atoms with Gasteiger partial charge in [0.25, 0.3) is 5.91 Å². The molecule has 0 aliphatic carbocycles. The monoisotopic (exact) mass is 776 g/mol. The predicted octanol–water partition coefficient (Wildman–Crippen LogP) is 4.35. The molecule has 1 fully saturated rings. The minimum atomic E-state index is -0.704. The highest BCUT2D eigenvalue weighted by Crippen LogP contribution is 2.32. The topological polar surface area (TPSA) is 167 Å². The molecule has 252 valence electrons. The number of carbonyl (C=O) groups excluding carboxylic acids is 3. The number of benzene rings is 3. The largest absolute Gasteiger partial charge is 0.456 e. The molecule has 2 atom stereocenters. The van der Waals surface area contributed by atoms with Crippen LogP contribution in [0.3, 0.4) is 0 Å². The fourth-order valence-corrected chi connectivity index (χ4v) is 5.88. The molecule has 1 amide bonds. The van der Waals surface area contributed by atoms with E-state index >= 15 is 0 Å². The van der Waals surface area contributed by atoms with Crippen LogP contribution in [0, 0.1) is 3.83 Å². The van der Waals surface area contributed by atoms with Gasteiger partial charge in [0.15, 0.2) is 20.8 Å². The summed E-state index contributed by atoms with van der Waals surface area (Å²) < 4.78 is 18.9. The highest BCUT2D eigenvalue weighted by Gasteiger charge is 2.29. The van der Waals surface area contributed by atoms with E-state index in [1.807, 2.05) is 52.9 Å². The number of amides is 1. The Morgan fingerprint density at radius 2 is 1.80 bits per heavy atom. The normalized spacial score (nSPS) is 14.7.